The van der Waals surface area contributed by atoms with E-state index in [-0.39, 0.29) is 0 Å². The molecular weight excluding hydrogens is 234 g/mol. The lowest BCUT2D eigenvalue weighted by Gasteiger charge is -2.47. The van der Waals surface area contributed by atoms with E-state index in [0.29, 0.717) is 17.4 Å². The molecule has 1 aliphatic carbocycles. The van der Waals surface area contributed by atoms with Crippen LogP contribution < -0.4 is 5.32 Å². The zero-order valence-corrected chi connectivity index (χ0v) is 14.0. The van der Waals surface area contributed by atoms with E-state index in [9.17, 15) is 0 Å². The lowest BCUT2D eigenvalue weighted by atomic mass is 9.61. The first kappa shape index (κ1) is 17.0. The fraction of sp³-hybridized carbons (Fsp3) is 1.00. The minimum absolute atomic E-state index is 0.394. The number of nitrogens with one attached hydrogen (secondary N) is 1. The normalized spacial score (nSPS) is 30.3. The summed E-state index contributed by atoms with van der Waals surface area (Å²) in [4.78, 5) is 0. The van der Waals surface area contributed by atoms with Gasteiger partial charge in [0, 0.05) is 19.8 Å². The van der Waals surface area contributed by atoms with Gasteiger partial charge in [-0.2, -0.15) is 0 Å². The Labute approximate surface area is 120 Å². The summed E-state index contributed by atoms with van der Waals surface area (Å²) in [6, 6.07) is 0.703. The molecule has 0 aromatic rings. The van der Waals surface area contributed by atoms with Crippen molar-refractivity contribution in [3.05, 3.63) is 0 Å². The minimum atomic E-state index is 0.394. The highest BCUT2D eigenvalue weighted by Crippen LogP contribution is 2.45. The smallest absolute Gasteiger partial charge is 0.0465 e. The first-order chi connectivity index (χ1) is 8.93. The first-order valence-corrected chi connectivity index (χ1v) is 8.15. The van der Waals surface area contributed by atoms with E-state index >= 15 is 0 Å². The van der Waals surface area contributed by atoms with E-state index in [1.165, 1.54) is 25.7 Å². The van der Waals surface area contributed by atoms with Crippen LogP contribution in [0.25, 0.3) is 0 Å². The molecule has 0 bridgehead atoms. The summed E-state index contributed by atoms with van der Waals surface area (Å²) in [6.07, 6.45) is 5.30. The molecule has 1 N–H and O–H groups in total. The Morgan fingerprint density at radius 1 is 1.32 bits per heavy atom. The fourth-order valence-corrected chi connectivity index (χ4v) is 3.79. The molecule has 4 atom stereocenters. The van der Waals surface area contributed by atoms with Crippen LogP contribution in [-0.4, -0.2) is 26.3 Å². The van der Waals surface area contributed by atoms with Gasteiger partial charge in [-0.1, -0.05) is 41.0 Å². The van der Waals surface area contributed by atoms with Gasteiger partial charge in [0.1, 0.15) is 0 Å². The maximum absolute atomic E-state index is 5.27. The van der Waals surface area contributed by atoms with Crippen LogP contribution in [0.3, 0.4) is 0 Å². The van der Waals surface area contributed by atoms with E-state index in [1.807, 2.05) is 7.11 Å². The molecule has 1 rings (SSSR count). The molecule has 0 amide bonds. The molecule has 0 spiro atoms. The second-order valence-corrected chi connectivity index (χ2v) is 7.19. The highest BCUT2D eigenvalue weighted by atomic mass is 16.5. The van der Waals surface area contributed by atoms with Gasteiger partial charge < -0.3 is 10.1 Å². The van der Waals surface area contributed by atoms with Gasteiger partial charge >= 0.3 is 0 Å². The third-order valence-corrected chi connectivity index (χ3v) is 5.56. The van der Waals surface area contributed by atoms with Gasteiger partial charge in [0.05, 0.1) is 0 Å². The molecule has 0 heterocycles. The second-order valence-electron chi connectivity index (χ2n) is 7.19. The highest BCUT2D eigenvalue weighted by Gasteiger charge is 2.41. The summed E-state index contributed by atoms with van der Waals surface area (Å²) in [5, 5.41) is 3.75. The lowest BCUT2D eigenvalue weighted by Crippen LogP contribution is -2.48. The van der Waals surface area contributed by atoms with Crippen molar-refractivity contribution >= 4 is 0 Å². The van der Waals surface area contributed by atoms with E-state index in [2.05, 4.69) is 39.9 Å². The maximum Gasteiger partial charge on any atom is 0.0465 e. The van der Waals surface area contributed by atoms with Crippen LogP contribution in [0, 0.1) is 23.2 Å². The van der Waals surface area contributed by atoms with E-state index in [0.717, 1.165) is 25.0 Å². The Hall–Kier alpha value is -0.0800. The van der Waals surface area contributed by atoms with Crippen LogP contribution in [-0.2, 0) is 4.74 Å². The quantitative estimate of drug-likeness (QED) is 0.751. The van der Waals surface area contributed by atoms with Crippen molar-refractivity contribution in [2.45, 2.75) is 66.3 Å². The SMILES string of the molecule is CCNC1CC(C)CCC1C(C)(C)C(C)CCOC. The van der Waals surface area contributed by atoms with Crippen LogP contribution in [0.5, 0.6) is 0 Å². The van der Waals surface area contributed by atoms with Crippen LogP contribution in [0.15, 0.2) is 0 Å². The number of methoxy groups -OCH3 is 1. The third-order valence-electron chi connectivity index (χ3n) is 5.56. The molecule has 2 nitrogen and oxygen atoms in total. The summed E-state index contributed by atoms with van der Waals surface area (Å²) in [6.45, 7) is 14.0. The van der Waals surface area contributed by atoms with Gasteiger partial charge in [-0.05, 0) is 49.0 Å². The molecule has 1 aliphatic rings. The molecule has 1 saturated carbocycles. The fourth-order valence-electron chi connectivity index (χ4n) is 3.79. The summed E-state index contributed by atoms with van der Waals surface area (Å²) < 4.78 is 5.27. The molecule has 114 valence electrons. The second kappa shape index (κ2) is 7.64. The van der Waals surface area contributed by atoms with E-state index in [1.54, 1.807) is 0 Å². The van der Waals surface area contributed by atoms with Gasteiger partial charge in [-0.25, -0.2) is 0 Å². The molecule has 0 aliphatic heterocycles. The Balaban J connectivity index is 2.72. The van der Waals surface area contributed by atoms with Gasteiger partial charge in [0.25, 0.3) is 0 Å². The molecular formula is C17H35NO. The van der Waals surface area contributed by atoms with Crippen molar-refractivity contribution in [2.24, 2.45) is 23.2 Å². The van der Waals surface area contributed by atoms with Gasteiger partial charge in [-0.15, -0.1) is 0 Å². The Kier molecular flexibility index (Phi) is 6.82. The van der Waals surface area contributed by atoms with Crippen molar-refractivity contribution < 1.29 is 4.74 Å². The monoisotopic (exact) mass is 269 g/mol. The van der Waals surface area contributed by atoms with Crippen LogP contribution in [0.1, 0.15) is 60.3 Å². The highest BCUT2D eigenvalue weighted by molar-refractivity contribution is 4.93. The minimum Gasteiger partial charge on any atom is -0.385 e. The van der Waals surface area contributed by atoms with Gasteiger partial charge in [-0.3, -0.25) is 0 Å². The summed E-state index contributed by atoms with van der Waals surface area (Å²) >= 11 is 0. The van der Waals surface area contributed by atoms with Crippen molar-refractivity contribution in [1.82, 2.24) is 5.32 Å². The van der Waals surface area contributed by atoms with Crippen molar-refractivity contribution in [3.8, 4) is 0 Å². The predicted molar refractivity (Wildman–Crippen MR) is 83.4 cm³/mol. The van der Waals surface area contributed by atoms with E-state index in [4.69, 9.17) is 4.74 Å². The van der Waals surface area contributed by atoms with Crippen molar-refractivity contribution in [3.63, 3.8) is 0 Å². The standard InChI is InChI=1S/C17H35NO/c1-7-18-16-12-13(2)8-9-15(16)17(4,5)14(3)10-11-19-6/h13-16,18H,7-12H2,1-6H3. The van der Waals surface area contributed by atoms with Gasteiger partial charge in [0.2, 0.25) is 0 Å². The van der Waals surface area contributed by atoms with Crippen molar-refractivity contribution in [2.75, 3.05) is 20.3 Å². The average molecular weight is 269 g/mol. The zero-order chi connectivity index (χ0) is 14.5. The number of hydrogen-bond acceptors (Lipinski definition) is 2. The Morgan fingerprint density at radius 2 is 2.00 bits per heavy atom. The van der Waals surface area contributed by atoms with Crippen LogP contribution in [0.2, 0.25) is 0 Å². The molecule has 0 aromatic carbocycles. The number of rotatable bonds is 7. The summed E-state index contributed by atoms with van der Waals surface area (Å²) in [5.41, 5.74) is 0.394. The first-order valence-electron chi connectivity index (χ1n) is 8.15. The Bertz CT molecular complexity index is 252. The molecule has 0 saturated heterocycles. The molecule has 4 unspecified atom stereocenters. The topological polar surface area (TPSA) is 21.3 Å². The summed E-state index contributed by atoms with van der Waals surface area (Å²) in [7, 11) is 1.81. The third kappa shape index (κ3) is 4.46. The zero-order valence-electron chi connectivity index (χ0n) is 14.0. The number of hydrogen-bond donors (Lipinski definition) is 1. The molecule has 1 fully saturated rings. The number of ether oxygens (including phenoxy) is 1. The molecule has 0 aromatic heterocycles. The largest absolute Gasteiger partial charge is 0.385 e. The van der Waals surface area contributed by atoms with Crippen molar-refractivity contribution in [1.29, 1.82) is 0 Å². The lowest BCUT2D eigenvalue weighted by molar-refractivity contribution is 0.0347. The predicted octanol–water partition coefficient (Wildman–Crippen LogP) is 4.10. The molecule has 19 heavy (non-hydrogen) atoms. The Morgan fingerprint density at radius 3 is 2.58 bits per heavy atom. The van der Waals surface area contributed by atoms with Crippen LogP contribution >= 0.6 is 0 Å². The van der Waals surface area contributed by atoms with Crippen LogP contribution in [0.4, 0.5) is 0 Å². The maximum atomic E-state index is 5.27. The van der Waals surface area contributed by atoms with E-state index < -0.39 is 0 Å². The van der Waals surface area contributed by atoms with Gasteiger partial charge in [0.15, 0.2) is 0 Å². The average Bonchev–Trinajstić information content (AvgIpc) is 2.36. The summed E-state index contributed by atoms with van der Waals surface area (Å²) in [5.74, 6) is 2.40. The molecule has 0 radical (unpaired) electrons. The molecule has 2 heteroatoms.